The van der Waals surface area contributed by atoms with E-state index in [1.807, 2.05) is 30.5 Å². The lowest BCUT2D eigenvalue weighted by Gasteiger charge is -2.09. The maximum Gasteiger partial charge on any atom is 0.322 e. The molecule has 0 radical (unpaired) electrons. The van der Waals surface area contributed by atoms with Crippen LogP contribution in [0.2, 0.25) is 5.02 Å². The number of nitrogens with one attached hydrogen (secondary N) is 2. The lowest BCUT2D eigenvalue weighted by molar-refractivity contribution is 0.102. The molecule has 2 N–H and O–H groups in total. The van der Waals surface area contributed by atoms with Crippen LogP contribution in [0.25, 0.3) is 11.5 Å². The van der Waals surface area contributed by atoms with Crippen LogP contribution in [0.15, 0.2) is 87.0 Å². The van der Waals surface area contributed by atoms with Crippen LogP contribution in [0, 0.1) is 0 Å². The van der Waals surface area contributed by atoms with Crippen molar-refractivity contribution in [2.75, 3.05) is 16.3 Å². The first kappa shape index (κ1) is 22.8. The number of carbonyl (C=O) groups is 1. The van der Waals surface area contributed by atoms with Crippen molar-refractivity contribution in [1.82, 2.24) is 10.2 Å². The number of halogens is 1. The second-order valence-corrected chi connectivity index (χ2v) is 9.74. The minimum absolute atomic E-state index is 0.0469. The van der Waals surface area contributed by atoms with E-state index < -0.39 is 15.9 Å². The molecule has 8 nitrogen and oxygen atoms in total. The van der Waals surface area contributed by atoms with E-state index in [1.165, 1.54) is 42.5 Å². The summed E-state index contributed by atoms with van der Waals surface area (Å²) in [6.45, 7) is 0. The van der Waals surface area contributed by atoms with E-state index >= 15 is 0 Å². The molecule has 0 bridgehead atoms. The minimum atomic E-state index is -3.85. The third kappa shape index (κ3) is 5.54. The Morgan fingerprint density at radius 3 is 2.52 bits per heavy atom. The zero-order valence-electron chi connectivity index (χ0n) is 17.2. The summed E-state index contributed by atoms with van der Waals surface area (Å²) < 4.78 is 33.2. The smallest absolute Gasteiger partial charge is 0.322 e. The molecular weight excluding hydrogens is 484 g/mol. The van der Waals surface area contributed by atoms with Crippen LogP contribution in [-0.4, -0.2) is 30.8 Å². The zero-order chi connectivity index (χ0) is 23.4. The van der Waals surface area contributed by atoms with Crippen LogP contribution in [-0.2, 0) is 10.0 Å². The highest BCUT2D eigenvalue weighted by molar-refractivity contribution is 7.98. The topological polar surface area (TPSA) is 114 Å². The molecule has 0 aliphatic heterocycles. The van der Waals surface area contributed by atoms with Gasteiger partial charge in [-0.1, -0.05) is 28.8 Å². The molecule has 0 saturated heterocycles. The molecule has 0 spiro atoms. The predicted octanol–water partition coefficient (Wildman–Crippen LogP) is 5.17. The second kappa shape index (κ2) is 9.65. The van der Waals surface area contributed by atoms with E-state index in [2.05, 4.69) is 20.2 Å². The van der Waals surface area contributed by atoms with Crippen LogP contribution in [0.1, 0.15) is 10.4 Å². The zero-order valence-corrected chi connectivity index (χ0v) is 19.5. The number of rotatable bonds is 7. The van der Waals surface area contributed by atoms with Crippen LogP contribution < -0.4 is 10.0 Å². The molecule has 33 heavy (non-hydrogen) atoms. The second-order valence-electron chi connectivity index (χ2n) is 6.74. The quantitative estimate of drug-likeness (QED) is 0.336. The fraction of sp³-hybridized carbons (Fsp3) is 0.0455. The Kier molecular flexibility index (Phi) is 6.68. The highest BCUT2D eigenvalue weighted by Crippen LogP contribution is 2.25. The molecule has 1 aromatic heterocycles. The van der Waals surface area contributed by atoms with Crippen molar-refractivity contribution >= 4 is 51.0 Å². The van der Waals surface area contributed by atoms with Crippen LogP contribution in [0.5, 0.6) is 0 Å². The summed E-state index contributed by atoms with van der Waals surface area (Å²) in [7, 11) is -3.85. The van der Waals surface area contributed by atoms with Gasteiger partial charge in [0.1, 0.15) is 0 Å². The highest BCUT2D eigenvalue weighted by Gasteiger charge is 2.17. The number of anilines is 2. The van der Waals surface area contributed by atoms with Gasteiger partial charge in [0.05, 0.1) is 4.90 Å². The first-order chi connectivity index (χ1) is 15.8. The highest BCUT2D eigenvalue weighted by atomic mass is 35.5. The maximum atomic E-state index is 12.7. The van der Waals surface area contributed by atoms with E-state index in [4.69, 9.17) is 16.0 Å². The Balaban J connectivity index is 1.48. The molecule has 0 aliphatic carbocycles. The predicted molar refractivity (Wildman–Crippen MR) is 128 cm³/mol. The molecule has 11 heteroatoms. The molecule has 0 atom stereocenters. The summed E-state index contributed by atoms with van der Waals surface area (Å²) >= 11 is 7.40. The standard InChI is InChI=1S/C22H17ClN4O4S2/c1-32-18-7-3-5-15(13-18)21-25-26-22(31-21)24-20(28)14-4-2-6-17(12-14)27-33(29,30)19-10-8-16(23)9-11-19/h2-13,27H,1H3,(H,24,26,28). The van der Waals surface area contributed by atoms with Gasteiger partial charge in [-0.3, -0.25) is 14.8 Å². The van der Waals surface area contributed by atoms with Gasteiger partial charge in [-0.05, 0) is 66.9 Å². The van der Waals surface area contributed by atoms with Crippen molar-refractivity contribution in [3.63, 3.8) is 0 Å². The van der Waals surface area contributed by atoms with Crippen LogP contribution >= 0.6 is 23.4 Å². The molecule has 1 heterocycles. The average Bonchev–Trinajstić information content (AvgIpc) is 3.28. The largest absolute Gasteiger partial charge is 0.403 e. The maximum absolute atomic E-state index is 12.7. The van der Waals surface area contributed by atoms with Gasteiger partial charge in [-0.15, -0.1) is 16.9 Å². The SMILES string of the molecule is CSc1cccc(-c2nnc(NC(=O)c3cccc(NS(=O)(=O)c4ccc(Cl)cc4)c3)o2)c1. The van der Waals surface area contributed by atoms with Crippen molar-refractivity contribution in [3.05, 3.63) is 83.4 Å². The molecule has 4 rings (SSSR count). The summed E-state index contributed by atoms with van der Waals surface area (Å²) in [6.07, 6.45) is 1.96. The fourth-order valence-corrected chi connectivity index (χ4v) is 4.50. The van der Waals surface area contributed by atoms with Gasteiger partial charge in [-0.2, -0.15) is 0 Å². The molecule has 0 aliphatic rings. The Bertz CT molecular complexity index is 1410. The first-order valence-electron chi connectivity index (χ1n) is 9.52. The number of nitrogens with zero attached hydrogens (tertiary/aromatic N) is 2. The summed E-state index contributed by atoms with van der Waals surface area (Å²) in [5.74, 6) is -0.263. The summed E-state index contributed by atoms with van der Waals surface area (Å²) in [5, 5.41) is 10.8. The number of hydrogen-bond donors (Lipinski definition) is 2. The van der Waals surface area contributed by atoms with E-state index in [0.717, 1.165) is 10.5 Å². The van der Waals surface area contributed by atoms with Gasteiger partial charge < -0.3 is 4.42 Å². The molecule has 0 fully saturated rings. The lowest BCUT2D eigenvalue weighted by Crippen LogP contribution is -2.15. The number of aromatic nitrogens is 2. The summed E-state index contributed by atoms with van der Waals surface area (Å²) in [4.78, 5) is 13.7. The Hall–Kier alpha value is -3.34. The van der Waals surface area contributed by atoms with Gasteiger partial charge in [0.15, 0.2) is 0 Å². The van der Waals surface area contributed by atoms with Gasteiger partial charge in [0, 0.05) is 26.7 Å². The van der Waals surface area contributed by atoms with Gasteiger partial charge in [0.2, 0.25) is 5.89 Å². The number of benzene rings is 3. The number of carbonyl (C=O) groups excluding carboxylic acids is 1. The van der Waals surface area contributed by atoms with E-state index in [0.29, 0.717) is 5.02 Å². The monoisotopic (exact) mass is 500 g/mol. The fourth-order valence-electron chi connectivity index (χ4n) is 2.87. The van der Waals surface area contributed by atoms with Crippen molar-refractivity contribution in [3.8, 4) is 11.5 Å². The molecule has 3 aromatic carbocycles. The Labute approximate surface area is 199 Å². The van der Waals surface area contributed by atoms with Gasteiger partial charge in [0.25, 0.3) is 15.9 Å². The summed E-state index contributed by atoms with van der Waals surface area (Å²) in [6, 6.07) is 19.3. The lowest BCUT2D eigenvalue weighted by atomic mass is 10.2. The van der Waals surface area contributed by atoms with Crippen molar-refractivity contribution in [1.29, 1.82) is 0 Å². The average molecular weight is 501 g/mol. The van der Waals surface area contributed by atoms with Crippen molar-refractivity contribution in [2.45, 2.75) is 9.79 Å². The van der Waals surface area contributed by atoms with E-state index in [-0.39, 0.29) is 28.1 Å². The molecule has 168 valence electrons. The third-order valence-electron chi connectivity index (χ3n) is 4.46. The Morgan fingerprint density at radius 1 is 1.00 bits per heavy atom. The van der Waals surface area contributed by atoms with Gasteiger partial charge >= 0.3 is 6.01 Å². The third-order valence-corrected chi connectivity index (χ3v) is 6.84. The van der Waals surface area contributed by atoms with E-state index in [9.17, 15) is 13.2 Å². The molecule has 4 aromatic rings. The van der Waals surface area contributed by atoms with Crippen molar-refractivity contribution in [2.24, 2.45) is 0 Å². The van der Waals surface area contributed by atoms with Crippen LogP contribution in [0.3, 0.4) is 0 Å². The number of sulfonamides is 1. The van der Waals surface area contributed by atoms with Crippen LogP contribution in [0.4, 0.5) is 11.7 Å². The number of amides is 1. The Morgan fingerprint density at radius 2 is 1.76 bits per heavy atom. The van der Waals surface area contributed by atoms with Gasteiger partial charge in [-0.25, -0.2) is 8.42 Å². The minimum Gasteiger partial charge on any atom is -0.403 e. The number of hydrogen-bond acceptors (Lipinski definition) is 7. The summed E-state index contributed by atoms with van der Waals surface area (Å²) in [5.41, 5.74) is 1.15. The normalized spacial score (nSPS) is 11.2. The van der Waals surface area contributed by atoms with Crippen molar-refractivity contribution < 1.29 is 17.6 Å². The molecular formula is C22H17ClN4O4S2. The molecule has 0 unspecified atom stereocenters. The first-order valence-corrected chi connectivity index (χ1v) is 12.6. The molecule has 1 amide bonds. The number of thioether (sulfide) groups is 1. The molecule has 0 saturated carbocycles. The van der Waals surface area contributed by atoms with E-state index in [1.54, 1.807) is 17.8 Å².